The predicted octanol–water partition coefficient (Wildman–Crippen LogP) is 5.94. The van der Waals surface area contributed by atoms with E-state index in [0.29, 0.717) is 42.5 Å². The molecule has 2 aliphatic rings. The molecule has 2 saturated heterocycles. The molecule has 0 aromatic heterocycles. The molecule has 3 heteroatoms. The van der Waals surface area contributed by atoms with Gasteiger partial charge in [0.25, 0.3) is 0 Å². The summed E-state index contributed by atoms with van der Waals surface area (Å²) in [7, 11) is 0. The van der Waals surface area contributed by atoms with Crippen molar-refractivity contribution in [3.63, 3.8) is 0 Å². The van der Waals surface area contributed by atoms with Crippen LogP contribution in [-0.4, -0.2) is 35.9 Å². The SMILES string of the molecule is CC(C)c1cc(C(C)C)c([C@@H](C)O[C@H]2CCN3CC(=O)CC[C@@H]23)c(C(C)C)c1. The minimum absolute atomic E-state index is 0.0820. The maximum atomic E-state index is 11.8. The van der Waals surface area contributed by atoms with E-state index < -0.39 is 0 Å². The van der Waals surface area contributed by atoms with Crippen LogP contribution in [0.2, 0.25) is 0 Å². The van der Waals surface area contributed by atoms with Crippen molar-refractivity contribution in [2.75, 3.05) is 13.1 Å². The molecule has 3 nitrogen and oxygen atoms in total. The number of carbonyl (C=O) groups excluding carboxylic acids is 1. The minimum atomic E-state index is 0.0820. The quantitative estimate of drug-likeness (QED) is 0.607. The largest absolute Gasteiger partial charge is 0.369 e. The topological polar surface area (TPSA) is 29.5 Å². The Hall–Kier alpha value is -1.19. The van der Waals surface area contributed by atoms with Crippen molar-refractivity contribution in [3.05, 3.63) is 34.4 Å². The van der Waals surface area contributed by atoms with Gasteiger partial charge in [-0.1, -0.05) is 53.7 Å². The van der Waals surface area contributed by atoms with Gasteiger partial charge in [0.15, 0.2) is 0 Å². The Morgan fingerprint density at radius 3 is 2.07 bits per heavy atom. The molecule has 2 aliphatic heterocycles. The van der Waals surface area contributed by atoms with E-state index in [4.69, 9.17) is 4.74 Å². The third kappa shape index (κ3) is 4.36. The van der Waals surface area contributed by atoms with Gasteiger partial charge in [-0.2, -0.15) is 0 Å². The van der Waals surface area contributed by atoms with Gasteiger partial charge in [-0.15, -0.1) is 0 Å². The molecule has 0 bridgehead atoms. The molecule has 0 radical (unpaired) electrons. The van der Waals surface area contributed by atoms with E-state index >= 15 is 0 Å². The van der Waals surface area contributed by atoms with Crippen LogP contribution >= 0.6 is 0 Å². The van der Waals surface area contributed by atoms with Gasteiger partial charge in [0, 0.05) is 19.0 Å². The fraction of sp³-hybridized carbons (Fsp3) is 0.720. The first kappa shape index (κ1) is 21.5. The summed E-state index contributed by atoms with van der Waals surface area (Å²) in [5.74, 6) is 1.87. The number of rotatable bonds is 6. The number of Topliss-reactive ketones (excluding diaryl/α,β-unsaturated/α-hetero) is 1. The number of ether oxygens (including phenoxy) is 1. The Balaban J connectivity index is 1.90. The second-order valence-corrected chi connectivity index (χ2v) is 9.80. The summed E-state index contributed by atoms with van der Waals surface area (Å²) >= 11 is 0. The highest BCUT2D eigenvalue weighted by molar-refractivity contribution is 5.81. The zero-order valence-electron chi connectivity index (χ0n) is 18.9. The second kappa shape index (κ2) is 8.67. The van der Waals surface area contributed by atoms with E-state index in [1.165, 1.54) is 22.3 Å². The lowest BCUT2D eigenvalue weighted by Gasteiger charge is -2.34. The molecule has 0 saturated carbocycles. The highest BCUT2D eigenvalue weighted by Gasteiger charge is 2.39. The van der Waals surface area contributed by atoms with Gasteiger partial charge in [-0.3, -0.25) is 9.69 Å². The van der Waals surface area contributed by atoms with Gasteiger partial charge in [-0.05, 0) is 59.8 Å². The molecule has 156 valence electrons. The van der Waals surface area contributed by atoms with Crippen LogP contribution in [0, 0.1) is 0 Å². The lowest BCUT2D eigenvalue weighted by atomic mass is 9.82. The van der Waals surface area contributed by atoms with Crippen LogP contribution in [0.5, 0.6) is 0 Å². The Labute approximate surface area is 171 Å². The predicted molar refractivity (Wildman–Crippen MR) is 116 cm³/mol. The monoisotopic (exact) mass is 385 g/mol. The number of nitrogens with zero attached hydrogens (tertiary/aromatic N) is 1. The third-order valence-electron chi connectivity index (χ3n) is 6.66. The third-order valence-corrected chi connectivity index (χ3v) is 6.66. The summed E-state index contributed by atoms with van der Waals surface area (Å²) in [5.41, 5.74) is 5.72. The molecule has 0 aliphatic carbocycles. The highest BCUT2D eigenvalue weighted by Crippen LogP contribution is 2.39. The lowest BCUT2D eigenvalue weighted by Crippen LogP contribution is -2.43. The lowest BCUT2D eigenvalue weighted by molar-refractivity contribution is -0.124. The highest BCUT2D eigenvalue weighted by atomic mass is 16.5. The Bertz CT molecular complexity index is 677. The first-order valence-electron chi connectivity index (χ1n) is 11.3. The Morgan fingerprint density at radius 2 is 1.54 bits per heavy atom. The number of benzene rings is 1. The van der Waals surface area contributed by atoms with Gasteiger partial charge < -0.3 is 4.74 Å². The zero-order chi connectivity index (χ0) is 20.6. The fourth-order valence-corrected chi connectivity index (χ4v) is 5.04. The molecular formula is C25H39NO2. The maximum Gasteiger partial charge on any atom is 0.146 e. The van der Waals surface area contributed by atoms with Crippen LogP contribution in [0.3, 0.4) is 0 Å². The summed E-state index contributed by atoms with van der Waals surface area (Å²) in [6, 6.07) is 5.24. The van der Waals surface area contributed by atoms with E-state index in [9.17, 15) is 4.79 Å². The fourth-order valence-electron chi connectivity index (χ4n) is 5.04. The smallest absolute Gasteiger partial charge is 0.146 e. The number of piperidine rings is 1. The molecule has 2 heterocycles. The van der Waals surface area contributed by atoms with E-state index in [1.54, 1.807) is 0 Å². The summed E-state index contributed by atoms with van der Waals surface area (Å²) in [6.45, 7) is 17.6. The first-order valence-corrected chi connectivity index (χ1v) is 11.3. The number of hydrogen-bond acceptors (Lipinski definition) is 3. The van der Waals surface area contributed by atoms with Crippen molar-refractivity contribution < 1.29 is 9.53 Å². The Morgan fingerprint density at radius 1 is 0.929 bits per heavy atom. The zero-order valence-corrected chi connectivity index (χ0v) is 18.9. The van der Waals surface area contributed by atoms with Crippen LogP contribution in [0.15, 0.2) is 12.1 Å². The molecule has 3 rings (SSSR count). The molecule has 2 fully saturated rings. The Kier molecular flexibility index (Phi) is 6.66. The van der Waals surface area contributed by atoms with Crippen molar-refractivity contribution in [2.45, 2.75) is 104 Å². The van der Waals surface area contributed by atoms with Gasteiger partial charge in [0.05, 0.1) is 18.8 Å². The molecule has 0 N–H and O–H groups in total. The van der Waals surface area contributed by atoms with E-state index in [1.807, 2.05) is 0 Å². The number of carbonyl (C=O) groups is 1. The van der Waals surface area contributed by atoms with E-state index in [0.717, 1.165) is 19.4 Å². The number of fused-ring (bicyclic) bond motifs is 1. The number of ketones is 1. The molecule has 0 spiro atoms. The standard InChI is InChI=1S/C25H39NO2/c1-15(2)19-12-21(16(3)4)25(22(13-19)17(5)6)18(7)28-24-10-11-26-14-20(27)8-9-23(24)26/h12-13,15-18,23-24H,8-11,14H2,1-7H3/t18-,23+,24+/m1/s1. The molecule has 3 atom stereocenters. The molecule has 1 aromatic rings. The van der Waals surface area contributed by atoms with Gasteiger partial charge in [0.2, 0.25) is 0 Å². The molecular weight excluding hydrogens is 346 g/mol. The van der Waals surface area contributed by atoms with Crippen molar-refractivity contribution in [3.8, 4) is 0 Å². The van der Waals surface area contributed by atoms with E-state index in [-0.39, 0.29) is 12.2 Å². The number of hydrogen-bond donors (Lipinski definition) is 0. The normalized spacial score (nSPS) is 24.4. The maximum absolute atomic E-state index is 11.8. The summed E-state index contributed by atoms with van der Waals surface area (Å²) in [6.07, 6.45) is 3.04. The van der Waals surface area contributed by atoms with E-state index in [2.05, 4.69) is 65.5 Å². The molecule has 0 amide bonds. The first-order chi connectivity index (χ1) is 13.2. The second-order valence-electron chi connectivity index (χ2n) is 9.80. The summed E-state index contributed by atoms with van der Waals surface area (Å²) in [4.78, 5) is 14.1. The molecule has 0 unspecified atom stereocenters. The summed E-state index contributed by atoms with van der Waals surface area (Å²) < 4.78 is 6.73. The van der Waals surface area contributed by atoms with Gasteiger partial charge in [-0.25, -0.2) is 0 Å². The van der Waals surface area contributed by atoms with Crippen molar-refractivity contribution >= 4 is 5.78 Å². The average molecular weight is 386 g/mol. The van der Waals surface area contributed by atoms with Gasteiger partial charge in [0.1, 0.15) is 5.78 Å². The molecule has 1 aromatic carbocycles. The average Bonchev–Trinajstić information content (AvgIpc) is 3.01. The van der Waals surface area contributed by atoms with Crippen LogP contribution in [0.4, 0.5) is 0 Å². The van der Waals surface area contributed by atoms with Crippen molar-refractivity contribution in [1.29, 1.82) is 0 Å². The van der Waals surface area contributed by atoms with Crippen molar-refractivity contribution in [2.24, 2.45) is 0 Å². The molecule has 28 heavy (non-hydrogen) atoms. The summed E-state index contributed by atoms with van der Waals surface area (Å²) in [5, 5.41) is 0. The van der Waals surface area contributed by atoms with Gasteiger partial charge >= 0.3 is 0 Å². The van der Waals surface area contributed by atoms with Crippen LogP contribution < -0.4 is 0 Å². The van der Waals surface area contributed by atoms with Crippen LogP contribution in [0.25, 0.3) is 0 Å². The minimum Gasteiger partial charge on any atom is -0.369 e. The van der Waals surface area contributed by atoms with Crippen LogP contribution in [-0.2, 0) is 9.53 Å². The van der Waals surface area contributed by atoms with Crippen LogP contribution in [0.1, 0.15) is 114 Å². The van der Waals surface area contributed by atoms with Crippen molar-refractivity contribution in [1.82, 2.24) is 4.90 Å².